The van der Waals surface area contributed by atoms with Gasteiger partial charge in [0.05, 0.1) is 17.4 Å². The molecule has 162 valence electrons. The zero-order chi connectivity index (χ0) is 22.7. The number of amides is 1. The first kappa shape index (κ1) is 22.1. The number of carbonyl (C=O) groups excluding carboxylic acids is 1. The lowest BCUT2D eigenvalue weighted by Crippen LogP contribution is -2.26. The Hall–Kier alpha value is -3.15. The van der Waals surface area contributed by atoms with E-state index in [0.29, 0.717) is 51.0 Å². The molecule has 0 aliphatic rings. The summed E-state index contributed by atoms with van der Waals surface area (Å²) in [7, 11) is 0. The first-order valence-electron chi connectivity index (χ1n) is 10.3. The Labute approximate surface area is 195 Å². The molecule has 4 rings (SSSR count). The van der Waals surface area contributed by atoms with Gasteiger partial charge in [-0.05, 0) is 54.4 Å². The molecule has 0 atom stereocenters. The van der Waals surface area contributed by atoms with E-state index in [1.165, 1.54) is 0 Å². The molecule has 0 spiro atoms. The molecule has 0 unspecified atom stereocenters. The van der Waals surface area contributed by atoms with Gasteiger partial charge >= 0.3 is 0 Å². The summed E-state index contributed by atoms with van der Waals surface area (Å²) in [5, 5.41) is 4.34. The third kappa shape index (κ3) is 4.69. The van der Waals surface area contributed by atoms with Crippen molar-refractivity contribution in [3.63, 3.8) is 0 Å². The molecule has 0 saturated carbocycles. The molecule has 0 aliphatic carbocycles. The van der Waals surface area contributed by atoms with Crippen molar-refractivity contribution < 1.29 is 4.79 Å². The second-order valence-corrected chi connectivity index (χ2v) is 8.30. The minimum absolute atomic E-state index is 0.169. The maximum atomic E-state index is 13.4. The van der Waals surface area contributed by atoms with Gasteiger partial charge in [0.2, 0.25) is 0 Å². The standard InChI is InChI=1S/C25H21Cl2N3O2/c1-2-6-23-29-22-12-11-19(28-24(31)16-8-5-9-18(26)13-16)14-20(22)25(32)30(23)15-17-7-3-4-10-21(17)27/h3-5,7-14H,2,6,15H2,1H3,(H,28,31). The van der Waals surface area contributed by atoms with Crippen LogP contribution < -0.4 is 10.9 Å². The van der Waals surface area contributed by atoms with Gasteiger partial charge in [-0.15, -0.1) is 0 Å². The predicted molar refractivity (Wildman–Crippen MR) is 130 cm³/mol. The summed E-state index contributed by atoms with van der Waals surface area (Å²) < 4.78 is 1.66. The van der Waals surface area contributed by atoms with Gasteiger partial charge in [-0.3, -0.25) is 14.2 Å². The molecule has 0 radical (unpaired) electrons. The molecular formula is C25H21Cl2N3O2. The Kier molecular flexibility index (Phi) is 6.58. The molecule has 7 heteroatoms. The van der Waals surface area contributed by atoms with Gasteiger partial charge in [0.25, 0.3) is 11.5 Å². The fourth-order valence-corrected chi connectivity index (χ4v) is 3.94. The number of hydrogen-bond donors (Lipinski definition) is 1. The monoisotopic (exact) mass is 465 g/mol. The number of aryl methyl sites for hydroxylation is 1. The van der Waals surface area contributed by atoms with E-state index in [2.05, 4.69) is 5.32 Å². The molecule has 3 aromatic carbocycles. The zero-order valence-corrected chi connectivity index (χ0v) is 19.0. The predicted octanol–water partition coefficient (Wildman–Crippen LogP) is 5.96. The first-order chi connectivity index (χ1) is 15.5. The molecule has 0 fully saturated rings. The van der Waals surface area contributed by atoms with Crippen molar-refractivity contribution in [2.45, 2.75) is 26.3 Å². The van der Waals surface area contributed by atoms with Gasteiger partial charge < -0.3 is 5.32 Å². The summed E-state index contributed by atoms with van der Waals surface area (Å²) in [6, 6.07) is 19.3. The highest BCUT2D eigenvalue weighted by atomic mass is 35.5. The van der Waals surface area contributed by atoms with Crippen LogP contribution >= 0.6 is 23.2 Å². The van der Waals surface area contributed by atoms with Gasteiger partial charge in [0, 0.05) is 27.7 Å². The molecular weight excluding hydrogens is 445 g/mol. The normalized spacial score (nSPS) is 11.0. The number of rotatable bonds is 6. The fraction of sp³-hybridized carbons (Fsp3) is 0.160. The Morgan fingerprint density at radius 3 is 2.59 bits per heavy atom. The van der Waals surface area contributed by atoms with Crippen molar-refractivity contribution in [1.82, 2.24) is 9.55 Å². The molecule has 0 bridgehead atoms. The van der Waals surface area contributed by atoms with Crippen molar-refractivity contribution in [1.29, 1.82) is 0 Å². The van der Waals surface area contributed by atoms with Crippen molar-refractivity contribution in [3.8, 4) is 0 Å². The van der Waals surface area contributed by atoms with Gasteiger partial charge in [0.15, 0.2) is 0 Å². The van der Waals surface area contributed by atoms with Crippen molar-refractivity contribution in [3.05, 3.63) is 104 Å². The highest BCUT2D eigenvalue weighted by Gasteiger charge is 2.14. The second kappa shape index (κ2) is 9.55. The van der Waals surface area contributed by atoms with Crippen LogP contribution in [0.25, 0.3) is 10.9 Å². The summed E-state index contributed by atoms with van der Waals surface area (Å²) in [5.74, 6) is 0.402. The van der Waals surface area contributed by atoms with E-state index in [4.69, 9.17) is 28.2 Å². The van der Waals surface area contributed by atoms with Crippen LogP contribution in [-0.2, 0) is 13.0 Å². The van der Waals surface area contributed by atoms with Crippen LogP contribution in [0.15, 0.2) is 71.5 Å². The number of hydrogen-bond acceptors (Lipinski definition) is 3. The molecule has 5 nitrogen and oxygen atoms in total. The third-order valence-corrected chi connectivity index (χ3v) is 5.74. The Morgan fingerprint density at radius 1 is 1.03 bits per heavy atom. The van der Waals surface area contributed by atoms with Crippen LogP contribution in [0, 0.1) is 0 Å². The van der Waals surface area contributed by atoms with E-state index in [1.807, 2.05) is 25.1 Å². The second-order valence-electron chi connectivity index (χ2n) is 7.46. The average Bonchev–Trinajstić information content (AvgIpc) is 2.78. The minimum atomic E-state index is -0.307. The van der Waals surface area contributed by atoms with E-state index in [9.17, 15) is 9.59 Å². The summed E-state index contributed by atoms with van der Waals surface area (Å²) in [5.41, 5.74) is 2.21. The molecule has 1 N–H and O–H groups in total. The van der Waals surface area contributed by atoms with Crippen molar-refractivity contribution in [2.24, 2.45) is 0 Å². The maximum Gasteiger partial charge on any atom is 0.261 e. The molecule has 0 saturated heterocycles. The minimum Gasteiger partial charge on any atom is -0.322 e. The highest BCUT2D eigenvalue weighted by molar-refractivity contribution is 6.31. The van der Waals surface area contributed by atoms with Gasteiger partial charge in [-0.25, -0.2) is 4.98 Å². The molecule has 1 aromatic heterocycles. The Balaban J connectivity index is 1.74. The van der Waals surface area contributed by atoms with Crippen LogP contribution in [0.3, 0.4) is 0 Å². The number of carbonyl (C=O) groups is 1. The average molecular weight is 466 g/mol. The highest BCUT2D eigenvalue weighted by Crippen LogP contribution is 2.20. The zero-order valence-electron chi connectivity index (χ0n) is 17.4. The number of halogens is 2. The largest absolute Gasteiger partial charge is 0.322 e. The fourth-order valence-electron chi connectivity index (χ4n) is 3.55. The van der Waals surface area contributed by atoms with Crippen LogP contribution in [0.2, 0.25) is 10.0 Å². The van der Waals surface area contributed by atoms with Crippen LogP contribution in [0.1, 0.15) is 35.1 Å². The Morgan fingerprint density at radius 2 is 1.84 bits per heavy atom. The first-order valence-corrected chi connectivity index (χ1v) is 11.1. The van der Waals surface area contributed by atoms with Crippen LogP contribution in [-0.4, -0.2) is 15.5 Å². The molecule has 1 heterocycles. The van der Waals surface area contributed by atoms with Crippen LogP contribution in [0.5, 0.6) is 0 Å². The lowest BCUT2D eigenvalue weighted by Gasteiger charge is -2.15. The summed E-state index contributed by atoms with van der Waals surface area (Å²) in [6.07, 6.45) is 1.52. The van der Waals surface area contributed by atoms with Gasteiger partial charge in [0.1, 0.15) is 5.82 Å². The third-order valence-electron chi connectivity index (χ3n) is 5.14. The number of nitrogens with one attached hydrogen (secondary N) is 1. The topological polar surface area (TPSA) is 64.0 Å². The number of benzene rings is 3. The van der Waals surface area contributed by atoms with E-state index in [-0.39, 0.29) is 11.5 Å². The molecule has 32 heavy (non-hydrogen) atoms. The summed E-state index contributed by atoms with van der Waals surface area (Å²) in [4.78, 5) is 30.8. The number of fused-ring (bicyclic) bond motifs is 1. The van der Waals surface area contributed by atoms with E-state index < -0.39 is 0 Å². The van der Waals surface area contributed by atoms with E-state index in [1.54, 1.807) is 53.1 Å². The van der Waals surface area contributed by atoms with Gasteiger partial charge in [-0.2, -0.15) is 0 Å². The lowest BCUT2D eigenvalue weighted by atomic mass is 10.1. The maximum absolute atomic E-state index is 13.4. The Bertz CT molecular complexity index is 1370. The number of aromatic nitrogens is 2. The summed E-state index contributed by atoms with van der Waals surface area (Å²) >= 11 is 12.3. The molecule has 1 amide bonds. The number of nitrogens with zero attached hydrogens (tertiary/aromatic N) is 2. The van der Waals surface area contributed by atoms with Crippen molar-refractivity contribution >= 4 is 45.7 Å². The SMILES string of the molecule is CCCc1nc2ccc(NC(=O)c3cccc(Cl)c3)cc2c(=O)n1Cc1ccccc1Cl. The molecule has 4 aromatic rings. The smallest absolute Gasteiger partial charge is 0.261 e. The van der Waals surface area contributed by atoms with Crippen molar-refractivity contribution in [2.75, 3.05) is 5.32 Å². The molecule has 0 aliphatic heterocycles. The summed E-state index contributed by atoms with van der Waals surface area (Å²) in [6.45, 7) is 2.38. The quantitative estimate of drug-likeness (QED) is 0.382. The van der Waals surface area contributed by atoms with Gasteiger partial charge in [-0.1, -0.05) is 54.4 Å². The van der Waals surface area contributed by atoms with E-state index >= 15 is 0 Å². The van der Waals surface area contributed by atoms with Crippen LogP contribution in [0.4, 0.5) is 5.69 Å². The van der Waals surface area contributed by atoms with E-state index in [0.717, 1.165) is 12.0 Å². The lowest BCUT2D eigenvalue weighted by molar-refractivity contribution is 0.102. The number of anilines is 1.